The third-order valence-corrected chi connectivity index (χ3v) is 4.64. The minimum absolute atomic E-state index is 0.0833. The Morgan fingerprint density at radius 3 is 2.50 bits per heavy atom. The summed E-state index contributed by atoms with van der Waals surface area (Å²) in [6.45, 7) is 1.60. The molecule has 0 atom stereocenters. The third kappa shape index (κ3) is 3.93. The van der Waals surface area contributed by atoms with Crippen molar-refractivity contribution in [2.75, 3.05) is 30.4 Å². The first-order chi connectivity index (χ1) is 12.6. The van der Waals surface area contributed by atoms with Crippen molar-refractivity contribution in [3.63, 3.8) is 0 Å². The zero-order valence-electron chi connectivity index (χ0n) is 14.6. The van der Waals surface area contributed by atoms with Gasteiger partial charge in [0.2, 0.25) is 5.91 Å². The second-order valence-corrected chi connectivity index (χ2v) is 6.23. The highest BCUT2D eigenvalue weighted by atomic mass is 16.6. The number of hydrogen-bond acceptors (Lipinski definition) is 5. The van der Waals surface area contributed by atoms with Gasteiger partial charge in [0.25, 0.3) is 5.69 Å². The van der Waals surface area contributed by atoms with E-state index in [-0.39, 0.29) is 17.5 Å². The first-order valence-corrected chi connectivity index (χ1v) is 8.52. The number of benzene rings is 2. The molecule has 1 fully saturated rings. The van der Waals surface area contributed by atoms with Gasteiger partial charge in [-0.25, -0.2) is 0 Å². The lowest BCUT2D eigenvalue weighted by molar-refractivity contribution is -0.384. The minimum atomic E-state index is -0.493. The molecule has 1 aliphatic rings. The molecular formula is C19H21N3O4. The summed E-state index contributed by atoms with van der Waals surface area (Å²) < 4.78 is 5.20. The van der Waals surface area contributed by atoms with Crippen LogP contribution in [0.5, 0.6) is 5.75 Å². The zero-order valence-corrected chi connectivity index (χ0v) is 14.6. The van der Waals surface area contributed by atoms with Crippen molar-refractivity contribution in [3.8, 4) is 5.75 Å². The van der Waals surface area contributed by atoms with Crippen molar-refractivity contribution in [3.05, 3.63) is 58.6 Å². The average molecular weight is 355 g/mol. The van der Waals surface area contributed by atoms with E-state index in [0.29, 0.717) is 11.4 Å². The first kappa shape index (κ1) is 17.7. The summed E-state index contributed by atoms with van der Waals surface area (Å²) in [6.07, 6.45) is 1.47. The van der Waals surface area contributed by atoms with Crippen LogP contribution >= 0.6 is 0 Å². The van der Waals surface area contributed by atoms with Gasteiger partial charge < -0.3 is 15.0 Å². The quantitative estimate of drug-likeness (QED) is 0.656. The standard InChI is InChI=1S/C19H21N3O4/c1-26-18-8-7-16(22(24)25)13-17(18)20-19(23)14-9-11-21(12-10-14)15-5-3-2-4-6-15/h2-8,13-14H,9-12H2,1H3,(H,20,23). The molecule has 1 amide bonds. The summed E-state index contributed by atoms with van der Waals surface area (Å²) in [6, 6.07) is 14.3. The molecule has 1 aliphatic heterocycles. The van der Waals surface area contributed by atoms with Gasteiger partial charge >= 0.3 is 0 Å². The molecule has 0 saturated carbocycles. The molecule has 136 valence electrons. The number of nitrogens with one attached hydrogen (secondary N) is 1. The van der Waals surface area contributed by atoms with Gasteiger partial charge in [-0.3, -0.25) is 14.9 Å². The Kier molecular flexibility index (Phi) is 5.36. The van der Waals surface area contributed by atoms with E-state index < -0.39 is 4.92 Å². The van der Waals surface area contributed by atoms with Gasteiger partial charge in [-0.15, -0.1) is 0 Å². The summed E-state index contributed by atoms with van der Waals surface area (Å²) in [4.78, 5) is 25.3. The third-order valence-electron chi connectivity index (χ3n) is 4.64. The molecule has 2 aromatic carbocycles. The number of non-ortho nitro benzene ring substituents is 1. The summed E-state index contributed by atoms with van der Waals surface area (Å²) in [5, 5.41) is 13.8. The highest BCUT2D eigenvalue weighted by Gasteiger charge is 2.26. The highest BCUT2D eigenvalue weighted by Crippen LogP contribution is 2.30. The van der Waals surface area contributed by atoms with Crippen LogP contribution in [0.3, 0.4) is 0 Å². The van der Waals surface area contributed by atoms with Crippen molar-refractivity contribution >= 4 is 23.0 Å². The molecule has 1 N–H and O–H groups in total. The fourth-order valence-electron chi connectivity index (χ4n) is 3.18. The van der Waals surface area contributed by atoms with Crippen LogP contribution in [0.1, 0.15) is 12.8 Å². The molecule has 1 heterocycles. The number of hydrogen-bond donors (Lipinski definition) is 1. The molecule has 26 heavy (non-hydrogen) atoms. The van der Waals surface area contributed by atoms with E-state index >= 15 is 0 Å². The molecule has 0 radical (unpaired) electrons. The molecule has 0 bridgehead atoms. The Bertz CT molecular complexity index is 787. The fraction of sp³-hybridized carbons (Fsp3) is 0.316. The van der Waals surface area contributed by atoms with Gasteiger partial charge in [0.15, 0.2) is 0 Å². The van der Waals surface area contributed by atoms with Crippen LogP contribution in [-0.4, -0.2) is 31.0 Å². The van der Waals surface area contributed by atoms with Crippen molar-refractivity contribution in [2.24, 2.45) is 5.92 Å². The second kappa shape index (κ2) is 7.86. The van der Waals surface area contributed by atoms with Gasteiger partial charge in [-0.2, -0.15) is 0 Å². The maximum Gasteiger partial charge on any atom is 0.271 e. The van der Waals surface area contributed by atoms with E-state index in [1.165, 1.54) is 25.3 Å². The van der Waals surface area contributed by atoms with Crippen LogP contribution in [-0.2, 0) is 4.79 Å². The molecule has 3 rings (SSSR count). The smallest absolute Gasteiger partial charge is 0.271 e. The number of methoxy groups -OCH3 is 1. The highest BCUT2D eigenvalue weighted by molar-refractivity contribution is 5.94. The molecular weight excluding hydrogens is 334 g/mol. The lowest BCUT2D eigenvalue weighted by atomic mass is 9.95. The van der Waals surface area contributed by atoms with Crippen molar-refractivity contribution in [1.82, 2.24) is 0 Å². The summed E-state index contributed by atoms with van der Waals surface area (Å²) >= 11 is 0. The Labute approximate surface area is 151 Å². The summed E-state index contributed by atoms with van der Waals surface area (Å²) in [5.41, 5.74) is 1.41. The number of piperidine rings is 1. The van der Waals surface area contributed by atoms with Gasteiger partial charge in [-0.1, -0.05) is 18.2 Å². The Morgan fingerprint density at radius 2 is 1.88 bits per heavy atom. The second-order valence-electron chi connectivity index (χ2n) is 6.23. The van der Waals surface area contributed by atoms with E-state index in [1.54, 1.807) is 0 Å². The monoisotopic (exact) mass is 355 g/mol. The maximum absolute atomic E-state index is 12.6. The van der Waals surface area contributed by atoms with Crippen LogP contribution in [0.4, 0.5) is 17.1 Å². The largest absolute Gasteiger partial charge is 0.495 e. The number of carbonyl (C=O) groups excluding carboxylic acids is 1. The average Bonchev–Trinajstić information content (AvgIpc) is 2.68. The number of carbonyl (C=O) groups is 1. The maximum atomic E-state index is 12.6. The molecule has 0 unspecified atom stereocenters. The normalized spacial score (nSPS) is 14.7. The Morgan fingerprint density at radius 1 is 1.19 bits per heavy atom. The van der Waals surface area contributed by atoms with Crippen molar-refractivity contribution < 1.29 is 14.5 Å². The number of para-hydroxylation sites is 1. The van der Waals surface area contributed by atoms with E-state index in [1.807, 2.05) is 18.2 Å². The zero-order chi connectivity index (χ0) is 18.5. The van der Waals surface area contributed by atoms with Crippen LogP contribution < -0.4 is 15.0 Å². The number of nitro benzene ring substituents is 1. The predicted octanol–water partition coefficient (Wildman–Crippen LogP) is 3.46. The SMILES string of the molecule is COc1ccc([N+](=O)[O-])cc1NC(=O)C1CCN(c2ccccc2)CC1. The van der Waals surface area contributed by atoms with Crippen molar-refractivity contribution in [1.29, 1.82) is 0 Å². The number of amides is 1. The van der Waals surface area contributed by atoms with Gasteiger partial charge in [0.1, 0.15) is 5.75 Å². The minimum Gasteiger partial charge on any atom is -0.495 e. The van der Waals surface area contributed by atoms with E-state index in [9.17, 15) is 14.9 Å². The van der Waals surface area contributed by atoms with Gasteiger partial charge in [0.05, 0.1) is 17.7 Å². The molecule has 0 spiro atoms. The van der Waals surface area contributed by atoms with E-state index in [2.05, 4.69) is 22.3 Å². The van der Waals surface area contributed by atoms with Gasteiger partial charge in [0, 0.05) is 36.8 Å². The van der Waals surface area contributed by atoms with Crippen LogP contribution in [0.2, 0.25) is 0 Å². The number of rotatable bonds is 5. The lowest BCUT2D eigenvalue weighted by Crippen LogP contribution is -2.38. The predicted molar refractivity (Wildman–Crippen MR) is 99.7 cm³/mol. The number of anilines is 2. The number of ether oxygens (including phenoxy) is 1. The Hall–Kier alpha value is -3.09. The fourth-order valence-corrected chi connectivity index (χ4v) is 3.18. The van der Waals surface area contributed by atoms with E-state index in [4.69, 9.17) is 4.74 Å². The number of nitro groups is 1. The molecule has 7 nitrogen and oxygen atoms in total. The summed E-state index contributed by atoms with van der Waals surface area (Å²) in [7, 11) is 1.47. The molecule has 0 aromatic heterocycles. The molecule has 7 heteroatoms. The lowest BCUT2D eigenvalue weighted by Gasteiger charge is -2.33. The Balaban J connectivity index is 1.64. The van der Waals surface area contributed by atoms with Crippen LogP contribution in [0.15, 0.2) is 48.5 Å². The first-order valence-electron chi connectivity index (χ1n) is 8.52. The molecule has 2 aromatic rings. The van der Waals surface area contributed by atoms with Crippen LogP contribution in [0, 0.1) is 16.0 Å². The topological polar surface area (TPSA) is 84.7 Å². The van der Waals surface area contributed by atoms with Gasteiger partial charge in [-0.05, 0) is 31.0 Å². The summed E-state index contributed by atoms with van der Waals surface area (Å²) in [5.74, 6) is 0.154. The molecule has 1 saturated heterocycles. The number of nitrogens with zero attached hydrogens (tertiary/aromatic N) is 2. The van der Waals surface area contributed by atoms with E-state index in [0.717, 1.165) is 31.6 Å². The van der Waals surface area contributed by atoms with Crippen LogP contribution in [0.25, 0.3) is 0 Å². The van der Waals surface area contributed by atoms with Crippen molar-refractivity contribution in [2.45, 2.75) is 12.8 Å². The molecule has 0 aliphatic carbocycles.